The van der Waals surface area contributed by atoms with Crippen molar-refractivity contribution in [1.29, 1.82) is 0 Å². The summed E-state index contributed by atoms with van der Waals surface area (Å²) in [7, 11) is -2.48. The van der Waals surface area contributed by atoms with Crippen molar-refractivity contribution in [3.05, 3.63) is 93.0 Å². The van der Waals surface area contributed by atoms with Gasteiger partial charge >= 0.3 is 28.5 Å². The van der Waals surface area contributed by atoms with Crippen molar-refractivity contribution in [3.63, 3.8) is 0 Å². The molecule has 0 N–H and O–H groups in total. The molecule has 4 saturated heterocycles. The highest BCUT2D eigenvalue weighted by Crippen LogP contribution is 2.60. The lowest BCUT2D eigenvalue weighted by Crippen LogP contribution is -2.41. The molecule has 8 atom stereocenters. The zero-order valence-electron chi connectivity index (χ0n) is 35.4. The third kappa shape index (κ3) is 4.24. The fraction of sp³-hybridized carbons (Fsp3) is 0.455. The summed E-state index contributed by atoms with van der Waals surface area (Å²) >= 11 is 2.37. The third-order valence-corrected chi connectivity index (χ3v) is 17.6. The molecule has 2 aromatic heterocycles. The van der Waals surface area contributed by atoms with Gasteiger partial charge in [-0.3, -0.25) is 0 Å². The number of hydrogen-bond acceptors (Lipinski definition) is 14. The van der Waals surface area contributed by atoms with Gasteiger partial charge in [-0.05, 0) is 44.5 Å². The highest BCUT2D eigenvalue weighted by Gasteiger charge is 2.63. The molecular weight excluding hydrogens is 820 g/mol. The largest absolute Gasteiger partial charge is 0.497 e. The predicted octanol–water partition coefficient (Wildman–Crippen LogP) is 4.58. The van der Waals surface area contributed by atoms with Crippen LogP contribution in [0, 0.1) is 0 Å². The summed E-state index contributed by atoms with van der Waals surface area (Å²) in [6, 6.07) is 17.6. The second-order valence-corrected chi connectivity index (χ2v) is 22.2. The molecule has 27 rings (SSSR count). The summed E-state index contributed by atoms with van der Waals surface area (Å²) in [6.07, 6.45) is -1.89. The Hall–Kier alpha value is -3.54. The normalized spacial score (nSPS) is 32.4. The van der Waals surface area contributed by atoms with Crippen LogP contribution in [-0.4, -0.2) is 70.4 Å². The van der Waals surface area contributed by atoms with Crippen LogP contribution in [0.2, 0.25) is 0 Å². The van der Waals surface area contributed by atoms with Gasteiger partial charge in [0, 0.05) is 43.5 Å². The van der Waals surface area contributed by atoms with E-state index in [4.69, 9.17) is 54.7 Å². The summed E-state index contributed by atoms with van der Waals surface area (Å²) in [5.41, 5.74) is 14.5. The highest BCUT2D eigenvalue weighted by molar-refractivity contribution is 7.00. The number of aromatic nitrogens is 4. The maximum absolute atomic E-state index is 6.98. The zero-order valence-corrected chi connectivity index (χ0v) is 37.1. The van der Waals surface area contributed by atoms with E-state index in [1.807, 2.05) is 0 Å². The standard InChI is InChI=1S/C44H40B4N4O8S2/c1-41(2)21-13-18-22-14-17(21)33-37(41)57-45(53-33)25-9-10-26(30-29(25)49-61-50-30)47-55-35-19-15-24-20(16-23(19)43(5,6)39(35)59-47)36-40(44(24,7)8)60-48(56-36)28-12-11-27(31-32(28)52-62-51-31)46-54-34(18)38(58-46)42(22,3)4/h9-16,33-40H,1-8H3. The topological polar surface area (TPSA) is 125 Å². The molecule has 4 aromatic carbocycles. The van der Waals surface area contributed by atoms with Gasteiger partial charge in [0.15, 0.2) is 0 Å². The second-order valence-electron chi connectivity index (χ2n) is 21.1. The fourth-order valence-electron chi connectivity index (χ4n) is 13.1. The van der Waals surface area contributed by atoms with E-state index >= 15 is 0 Å². The lowest BCUT2D eigenvalue weighted by Gasteiger charge is -2.28. The van der Waals surface area contributed by atoms with Crippen LogP contribution in [0.5, 0.6) is 0 Å². The Labute approximate surface area is 367 Å². The number of hydrogen-bond donors (Lipinski definition) is 0. The van der Waals surface area contributed by atoms with Gasteiger partial charge < -0.3 is 37.2 Å². The minimum absolute atomic E-state index is 0.210. The predicted molar refractivity (Wildman–Crippen MR) is 236 cm³/mol. The molecule has 0 radical (unpaired) electrons. The van der Waals surface area contributed by atoms with E-state index < -0.39 is 28.5 Å². The number of rotatable bonds is 0. The van der Waals surface area contributed by atoms with Crippen molar-refractivity contribution in [1.82, 2.24) is 17.5 Å². The Morgan fingerprint density at radius 1 is 0.371 bits per heavy atom. The maximum atomic E-state index is 6.98. The van der Waals surface area contributed by atoms with Crippen molar-refractivity contribution >= 4 is 95.8 Å². The van der Waals surface area contributed by atoms with Crippen LogP contribution in [-0.2, 0) is 58.9 Å². The summed E-state index contributed by atoms with van der Waals surface area (Å²) in [4.78, 5) is 0. The van der Waals surface area contributed by atoms with Gasteiger partial charge in [-0.1, -0.05) is 104 Å². The molecule has 308 valence electrons. The molecular formula is C44H40B4N4O8S2. The Bertz CT molecular complexity index is 2650. The minimum atomic E-state index is -0.620. The van der Waals surface area contributed by atoms with E-state index in [1.54, 1.807) is 0 Å². The molecule has 0 spiro atoms. The van der Waals surface area contributed by atoms with E-state index in [0.717, 1.165) is 66.2 Å². The van der Waals surface area contributed by atoms with E-state index in [0.29, 0.717) is 0 Å². The van der Waals surface area contributed by atoms with Crippen LogP contribution in [0.25, 0.3) is 22.1 Å². The first-order chi connectivity index (χ1) is 29.7. The molecule has 19 heterocycles. The van der Waals surface area contributed by atoms with Crippen LogP contribution >= 0.6 is 23.5 Å². The molecule has 12 nitrogen and oxygen atoms in total. The summed E-state index contributed by atoms with van der Waals surface area (Å²) in [5, 5.41) is 0. The second kappa shape index (κ2) is 11.5. The third-order valence-electron chi connectivity index (χ3n) is 16.5. The van der Waals surface area contributed by atoms with Crippen LogP contribution in [0.15, 0.2) is 48.5 Å². The highest BCUT2D eigenvalue weighted by atomic mass is 32.1. The molecule has 18 heteroatoms. The maximum Gasteiger partial charge on any atom is 0.497 e. The Kier molecular flexibility index (Phi) is 6.79. The van der Waals surface area contributed by atoms with Crippen LogP contribution < -0.4 is 21.9 Å². The van der Waals surface area contributed by atoms with Gasteiger partial charge in [0.05, 0.1) is 72.3 Å². The van der Waals surface area contributed by atoms with E-state index in [2.05, 4.69) is 104 Å². The SMILES string of the molecule is CC1(C)c2cc3c4cc2C2OB(OC21)c1ccc(c2nsnc12)B1OC2c5cc6c(cc5C(C)(C)C2O1)C1OB(OC1C6(C)C)c1ccc(c2nsnc12)B1OC3C(O1)C4(C)C. The molecule has 4 fully saturated rings. The molecule has 0 saturated carbocycles. The average molecular weight is 860 g/mol. The molecule has 4 aliphatic carbocycles. The molecule has 8 unspecified atom stereocenters. The van der Waals surface area contributed by atoms with Crippen molar-refractivity contribution < 1.29 is 37.2 Å². The summed E-state index contributed by atoms with van der Waals surface area (Å²) in [5.74, 6) is 0. The Balaban J connectivity index is 0.898. The van der Waals surface area contributed by atoms with E-state index in [9.17, 15) is 0 Å². The van der Waals surface area contributed by atoms with Crippen molar-refractivity contribution in [3.8, 4) is 0 Å². The van der Waals surface area contributed by atoms with Crippen molar-refractivity contribution in [2.24, 2.45) is 0 Å². The van der Waals surface area contributed by atoms with Gasteiger partial charge in [0.1, 0.15) is 22.1 Å². The zero-order chi connectivity index (χ0) is 41.7. The first-order valence-corrected chi connectivity index (χ1v) is 23.3. The lowest BCUT2D eigenvalue weighted by molar-refractivity contribution is 0.113. The molecule has 24 bridgehead atoms. The van der Waals surface area contributed by atoms with Gasteiger partial charge in [-0.2, -0.15) is 17.5 Å². The molecule has 62 heavy (non-hydrogen) atoms. The number of fused-ring (bicyclic) bond motifs is 2. The lowest BCUT2D eigenvalue weighted by atomic mass is 9.71. The van der Waals surface area contributed by atoms with Gasteiger partial charge in [0.2, 0.25) is 0 Å². The summed E-state index contributed by atoms with van der Waals surface area (Å²) in [6.45, 7) is 18.1. The van der Waals surface area contributed by atoms with Gasteiger partial charge in [-0.15, -0.1) is 0 Å². The first kappa shape index (κ1) is 36.8. The first-order valence-electron chi connectivity index (χ1n) is 21.8. The minimum Gasteiger partial charge on any atom is -0.400 e. The van der Waals surface area contributed by atoms with Crippen LogP contribution in [0.3, 0.4) is 0 Å². The van der Waals surface area contributed by atoms with Crippen molar-refractivity contribution in [2.75, 3.05) is 0 Å². The molecule has 6 aromatic rings. The number of nitrogens with zero attached hydrogens (tertiary/aromatic N) is 4. The van der Waals surface area contributed by atoms with Gasteiger partial charge in [0.25, 0.3) is 0 Å². The molecule has 17 aliphatic heterocycles. The number of benzene rings is 4. The van der Waals surface area contributed by atoms with E-state index in [1.165, 1.54) is 45.7 Å². The van der Waals surface area contributed by atoms with Crippen LogP contribution in [0.4, 0.5) is 0 Å². The average Bonchev–Trinajstić information content (AvgIpc) is 4.09. The smallest absolute Gasteiger partial charge is 0.400 e. The van der Waals surface area contributed by atoms with E-state index in [-0.39, 0.29) is 70.5 Å². The molecule has 21 aliphatic rings. The quantitative estimate of drug-likeness (QED) is 0.199. The van der Waals surface area contributed by atoms with Crippen LogP contribution in [0.1, 0.15) is 124 Å². The summed E-state index contributed by atoms with van der Waals surface area (Å²) < 4.78 is 75.1. The fourth-order valence-corrected chi connectivity index (χ4v) is 14.3. The Morgan fingerprint density at radius 3 is 0.823 bits per heavy atom. The monoisotopic (exact) mass is 860 g/mol. The van der Waals surface area contributed by atoms with Gasteiger partial charge in [-0.25, -0.2) is 0 Å². The molecule has 0 amide bonds. The Morgan fingerprint density at radius 2 is 0.597 bits per heavy atom. The van der Waals surface area contributed by atoms with Crippen molar-refractivity contribution in [2.45, 2.75) is 126 Å².